The first-order valence-electron chi connectivity index (χ1n) is 6.99. The fourth-order valence-electron chi connectivity index (χ4n) is 2.69. The summed E-state index contributed by atoms with van der Waals surface area (Å²) in [5.41, 5.74) is 0.716. The molecule has 0 amide bonds. The Morgan fingerprint density at radius 1 is 0.950 bits per heavy atom. The maximum atomic E-state index is 5.39. The smallest absolute Gasteiger partial charge is 0.200 e. The molecule has 0 radical (unpaired) electrons. The van der Waals surface area contributed by atoms with Gasteiger partial charge in [-0.1, -0.05) is 11.3 Å². The second-order valence-electron chi connectivity index (χ2n) is 5.06. The number of thiazole rings is 1. The van der Waals surface area contributed by atoms with E-state index in [2.05, 4.69) is 30.2 Å². The summed E-state index contributed by atoms with van der Waals surface area (Å²) in [5.74, 6) is 0.904. The molecule has 0 unspecified atom stereocenters. The first kappa shape index (κ1) is 12.2. The van der Waals surface area contributed by atoms with Crippen LogP contribution in [0.15, 0.2) is 0 Å². The predicted octanol–water partition coefficient (Wildman–Crippen LogP) is 0.918. The van der Waals surface area contributed by atoms with Gasteiger partial charge in [-0.2, -0.15) is 4.98 Å². The minimum atomic E-state index is 0.716. The Morgan fingerprint density at radius 2 is 1.75 bits per heavy atom. The molecular formula is C12H16N6OS. The third-order valence-corrected chi connectivity index (χ3v) is 4.87. The van der Waals surface area contributed by atoms with E-state index >= 15 is 0 Å². The number of hydrogen-bond donors (Lipinski definition) is 0. The lowest BCUT2D eigenvalue weighted by Crippen LogP contribution is -2.37. The summed E-state index contributed by atoms with van der Waals surface area (Å²) in [7, 11) is 0. The van der Waals surface area contributed by atoms with Gasteiger partial charge in [-0.25, -0.2) is 0 Å². The molecule has 0 bridgehead atoms. The average molecular weight is 292 g/mol. The highest BCUT2D eigenvalue weighted by atomic mass is 32.1. The zero-order valence-corrected chi connectivity index (χ0v) is 12.0. The molecule has 2 aromatic heterocycles. The van der Waals surface area contributed by atoms with E-state index in [9.17, 15) is 0 Å². The molecule has 0 aliphatic carbocycles. The topological polar surface area (TPSA) is 67.3 Å². The van der Waals surface area contributed by atoms with Crippen LogP contribution in [0.5, 0.6) is 0 Å². The van der Waals surface area contributed by atoms with Crippen molar-refractivity contribution in [2.24, 2.45) is 0 Å². The van der Waals surface area contributed by atoms with Gasteiger partial charge in [0.15, 0.2) is 16.6 Å². The monoisotopic (exact) mass is 292 g/mol. The first-order chi connectivity index (χ1) is 9.92. The Morgan fingerprint density at radius 3 is 2.55 bits per heavy atom. The van der Waals surface area contributed by atoms with E-state index in [1.54, 1.807) is 11.3 Å². The number of rotatable bonds is 2. The highest BCUT2D eigenvalue weighted by molar-refractivity contribution is 7.22. The van der Waals surface area contributed by atoms with Crippen molar-refractivity contribution < 1.29 is 4.74 Å². The third-order valence-electron chi connectivity index (χ3n) is 3.77. The van der Waals surface area contributed by atoms with Crippen LogP contribution in [-0.4, -0.2) is 59.8 Å². The van der Waals surface area contributed by atoms with Crippen molar-refractivity contribution in [3.05, 3.63) is 0 Å². The van der Waals surface area contributed by atoms with Crippen molar-refractivity contribution in [3.63, 3.8) is 0 Å². The van der Waals surface area contributed by atoms with Crippen LogP contribution in [0.2, 0.25) is 0 Å². The number of ether oxygens (including phenoxy) is 1. The summed E-state index contributed by atoms with van der Waals surface area (Å²) in [4.78, 5) is 9.17. The molecule has 7 nitrogen and oxygen atoms in total. The molecule has 0 aromatic carbocycles. The zero-order valence-electron chi connectivity index (χ0n) is 11.2. The lowest BCUT2D eigenvalue weighted by molar-refractivity contribution is 0.122. The summed E-state index contributed by atoms with van der Waals surface area (Å²) in [5, 5.41) is 13.2. The molecule has 2 aromatic rings. The van der Waals surface area contributed by atoms with E-state index in [-0.39, 0.29) is 0 Å². The Hall–Kier alpha value is -1.54. The van der Waals surface area contributed by atoms with Gasteiger partial charge in [-0.3, -0.25) is 0 Å². The van der Waals surface area contributed by atoms with Crippen LogP contribution in [0.3, 0.4) is 0 Å². The highest BCUT2D eigenvalue weighted by Crippen LogP contribution is 2.34. The molecule has 8 heteroatoms. The van der Waals surface area contributed by atoms with Crippen LogP contribution < -0.4 is 9.80 Å². The highest BCUT2D eigenvalue weighted by Gasteiger charge is 2.22. The van der Waals surface area contributed by atoms with Crippen molar-refractivity contribution in [3.8, 4) is 0 Å². The van der Waals surface area contributed by atoms with Crippen LogP contribution in [-0.2, 0) is 4.74 Å². The second-order valence-corrected chi connectivity index (χ2v) is 6.03. The maximum absolute atomic E-state index is 5.39. The average Bonchev–Trinajstić information content (AvgIpc) is 3.16. The molecule has 4 rings (SSSR count). The van der Waals surface area contributed by atoms with Gasteiger partial charge >= 0.3 is 0 Å². The van der Waals surface area contributed by atoms with Gasteiger partial charge in [-0.15, -0.1) is 10.2 Å². The van der Waals surface area contributed by atoms with E-state index in [0.717, 1.165) is 55.0 Å². The zero-order chi connectivity index (χ0) is 13.4. The number of anilines is 2. The fraction of sp³-hybridized carbons (Fsp3) is 0.667. The summed E-state index contributed by atoms with van der Waals surface area (Å²) in [6.07, 6.45) is 2.49. The molecular weight excluding hydrogens is 276 g/mol. The number of fused-ring (bicyclic) bond motifs is 1. The van der Waals surface area contributed by atoms with Crippen LogP contribution >= 0.6 is 11.3 Å². The molecule has 4 heterocycles. The number of hydrogen-bond acceptors (Lipinski definition) is 8. The third kappa shape index (κ3) is 2.08. The molecule has 0 spiro atoms. The summed E-state index contributed by atoms with van der Waals surface area (Å²) in [6, 6.07) is 0. The molecule has 2 aliphatic heterocycles. The Balaban J connectivity index is 1.73. The number of morpholine rings is 1. The molecule has 106 valence electrons. The van der Waals surface area contributed by atoms with E-state index in [4.69, 9.17) is 4.74 Å². The maximum Gasteiger partial charge on any atom is 0.200 e. The van der Waals surface area contributed by atoms with Gasteiger partial charge in [0.05, 0.1) is 13.2 Å². The second kappa shape index (κ2) is 5.10. The fourth-order valence-corrected chi connectivity index (χ4v) is 3.76. The van der Waals surface area contributed by atoms with Crippen LogP contribution in [0.4, 0.5) is 10.9 Å². The van der Waals surface area contributed by atoms with Crippen LogP contribution in [0, 0.1) is 0 Å². The van der Waals surface area contributed by atoms with Gasteiger partial charge in [0.2, 0.25) is 0 Å². The lowest BCUT2D eigenvalue weighted by atomic mass is 10.4. The Kier molecular flexibility index (Phi) is 3.12. The molecule has 0 N–H and O–H groups in total. The quantitative estimate of drug-likeness (QED) is 0.815. The van der Waals surface area contributed by atoms with E-state index in [1.807, 2.05) is 0 Å². The molecule has 0 saturated carbocycles. The van der Waals surface area contributed by atoms with Crippen LogP contribution in [0.1, 0.15) is 12.8 Å². The van der Waals surface area contributed by atoms with E-state index < -0.39 is 0 Å². The number of nitrogens with zero attached hydrogens (tertiary/aromatic N) is 6. The molecule has 20 heavy (non-hydrogen) atoms. The SMILES string of the molecule is C1CCN(c2nc3nnnc(N4CCOCC4)c3s2)C1. The standard InChI is InChI=1S/C12H16N6OS/c1-2-4-18(3-1)12-13-10-9(20-12)11(15-16-14-10)17-5-7-19-8-6-17/h1-8H2. The molecule has 2 saturated heterocycles. The first-order valence-corrected chi connectivity index (χ1v) is 7.81. The minimum absolute atomic E-state index is 0.716. The van der Waals surface area contributed by atoms with Gasteiger partial charge in [0.25, 0.3) is 0 Å². The Bertz CT molecular complexity index is 605. The largest absolute Gasteiger partial charge is 0.378 e. The lowest BCUT2D eigenvalue weighted by Gasteiger charge is -2.27. The number of aromatic nitrogens is 4. The molecule has 2 aliphatic rings. The van der Waals surface area contributed by atoms with Gasteiger partial charge in [-0.05, 0) is 18.1 Å². The van der Waals surface area contributed by atoms with Gasteiger partial charge in [0, 0.05) is 26.2 Å². The van der Waals surface area contributed by atoms with Gasteiger partial charge in [0.1, 0.15) is 4.70 Å². The van der Waals surface area contributed by atoms with Crippen molar-refractivity contribution >= 4 is 32.6 Å². The van der Waals surface area contributed by atoms with Crippen molar-refractivity contribution in [1.82, 2.24) is 20.4 Å². The normalized spacial score (nSPS) is 20.0. The summed E-state index contributed by atoms with van der Waals surface area (Å²) < 4.78 is 6.44. The van der Waals surface area contributed by atoms with Crippen LogP contribution in [0.25, 0.3) is 10.3 Å². The van der Waals surface area contributed by atoms with Crippen molar-refractivity contribution in [2.45, 2.75) is 12.8 Å². The summed E-state index contributed by atoms with van der Waals surface area (Å²) >= 11 is 1.68. The summed E-state index contributed by atoms with van der Waals surface area (Å²) in [6.45, 7) is 5.36. The predicted molar refractivity (Wildman–Crippen MR) is 77.5 cm³/mol. The van der Waals surface area contributed by atoms with Gasteiger partial charge < -0.3 is 14.5 Å². The molecule has 2 fully saturated rings. The van der Waals surface area contributed by atoms with E-state index in [0.29, 0.717) is 5.65 Å². The van der Waals surface area contributed by atoms with Crippen molar-refractivity contribution in [2.75, 3.05) is 49.2 Å². The molecule has 0 atom stereocenters. The minimum Gasteiger partial charge on any atom is -0.378 e. The Labute approximate surface area is 120 Å². The van der Waals surface area contributed by atoms with E-state index in [1.165, 1.54) is 12.8 Å². The van der Waals surface area contributed by atoms with Crippen molar-refractivity contribution in [1.29, 1.82) is 0 Å².